The van der Waals surface area contributed by atoms with Gasteiger partial charge in [0.25, 0.3) is 0 Å². The molecule has 2 nitrogen and oxygen atoms in total. The quantitative estimate of drug-likeness (QED) is 0.561. The van der Waals surface area contributed by atoms with Crippen LogP contribution in [-0.4, -0.2) is 4.99 Å². The van der Waals surface area contributed by atoms with Crippen LogP contribution in [0.5, 0.6) is 0 Å². The zero-order chi connectivity index (χ0) is 10.9. The molecule has 0 aliphatic rings. The SMILES string of the molecule is NC(=S)c1cc(C(F)(F)F)ccc1N. The Morgan fingerprint density at radius 1 is 1.29 bits per heavy atom. The van der Waals surface area contributed by atoms with Crippen molar-refractivity contribution in [1.29, 1.82) is 0 Å². The van der Waals surface area contributed by atoms with Gasteiger partial charge in [-0.25, -0.2) is 0 Å². The molecule has 0 spiro atoms. The molecule has 0 fully saturated rings. The van der Waals surface area contributed by atoms with Crippen LogP contribution >= 0.6 is 12.2 Å². The van der Waals surface area contributed by atoms with E-state index in [2.05, 4.69) is 12.2 Å². The van der Waals surface area contributed by atoms with Gasteiger partial charge in [0.2, 0.25) is 0 Å². The number of hydrogen-bond acceptors (Lipinski definition) is 2. The van der Waals surface area contributed by atoms with E-state index in [0.717, 1.165) is 18.2 Å². The molecule has 14 heavy (non-hydrogen) atoms. The number of rotatable bonds is 1. The molecular formula is C8H7F3N2S. The van der Waals surface area contributed by atoms with Crippen molar-refractivity contribution in [1.82, 2.24) is 0 Å². The molecule has 76 valence electrons. The molecule has 0 saturated heterocycles. The van der Waals surface area contributed by atoms with Gasteiger partial charge in [0, 0.05) is 11.3 Å². The molecular weight excluding hydrogens is 213 g/mol. The first-order valence-corrected chi connectivity index (χ1v) is 3.99. The van der Waals surface area contributed by atoms with Crippen molar-refractivity contribution < 1.29 is 13.2 Å². The molecule has 0 aliphatic carbocycles. The van der Waals surface area contributed by atoms with Crippen LogP contribution < -0.4 is 11.5 Å². The Bertz CT molecular complexity index is 373. The lowest BCUT2D eigenvalue weighted by molar-refractivity contribution is -0.137. The molecule has 4 N–H and O–H groups in total. The Morgan fingerprint density at radius 3 is 2.29 bits per heavy atom. The lowest BCUT2D eigenvalue weighted by Crippen LogP contribution is -2.14. The summed E-state index contributed by atoms with van der Waals surface area (Å²) in [5.41, 5.74) is 9.99. The second kappa shape index (κ2) is 3.45. The average Bonchev–Trinajstić information content (AvgIpc) is 2.02. The highest BCUT2D eigenvalue weighted by Gasteiger charge is 2.30. The van der Waals surface area contributed by atoms with E-state index in [4.69, 9.17) is 11.5 Å². The van der Waals surface area contributed by atoms with Crippen LogP contribution in [0.25, 0.3) is 0 Å². The van der Waals surface area contributed by atoms with E-state index in [1.54, 1.807) is 0 Å². The predicted octanol–water partition coefficient (Wildman–Crippen LogP) is 1.92. The van der Waals surface area contributed by atoms with Crippen molar-refractivity contribution in [3.63, 3.8) is 0 Å². The summed E-state index contributed by atoms with van der Waals surface area (Å²) in [6.45, 7) is 0. The summed E-state index contributed by atoms with van der Waals surface area (Å²) in [6.07, 6.45) is -4.41. The maximum Gasteiger partial charge on any atom is 0.416 e. The summed E-state index contributed by atoms with van der Waals surface area (Å²) in [5, 5.41) is 0. The molecule has 1 aromatic carbocycles. The Kier molecular flexibility index (Phi) is 2.66. The maximum atomic E-state index is 12.2. The van der Waals surface area contributed by atoms with Gasteiger partial charge in [0.1, 0.15) is 4.99 Å². The third-order valence-electron chi connectivity index (χ3n) is 1.65. The number of alkyl halides is 3. The van der Waals surface area contributed by atoms with Crippen LogP contribution in [0.2, 0.25) is 0 Å². The molecule has 0 aliphatic heterocycles. The molecule has 0 radical (unpaired) electrons. The van der Waals surface area contributed by atoms with Crippen molar-refractivity contribution >= 4 is 22.9 Å². The first kappa shape index (κ1) is 10.8. The minimum Gasteiger partial charge on any atom is -0.398 e. The molecule has 1 rings (SSSR count). The van der Waals surface area contributed by atoms with Gasteiger partial charge in [-0.15, -0.1) is 0 Å². The lowest BCUT2D eigenvalue weighted by Gasteiger charge is -2.09. The molecule has 0 bridgehead atoms. The minimum atomic E-state index is -4.41. The topological polar surface area (TPSA) is 52.0 Å². The summed E-state index contributed by atoms with van der Waals surface area (Å²) in [4.78, 5) is -0.145. The summed E-state index contributed by atoms with van der Waals surface area (Å²) in [6, 6.07) is 2.87. The maximum absolute atomic E-state index is 12.2. The van der Waals surface area contributed by atoms with Crippen LogP contribution in [0, 0.1) is 0 Å². The summed E-state index contributed by atoms with van der Waals surface area (Å²) in [5.74, 6) is 0. The van der Waals surface area contributed by atoms with Gasteiger partial charge in [-0.1, -0.05) is 12.2 Å². The molecule has 6 heteroatoms. The largest absolute Gasteiger partial charge is 0.416 e. The smallest absolute Gasteiger partial charge is 0.398 e. The fourth-order valence-corrected chi connectivity index (χ4v) is 1.12. The number of anilines is 1. The Balaban J connectivity index is 3.27. The van der Waals surface area contributed by atoms with Gasteiger partial charge in [-0.3, -0.25) is 0 Å². The molecule has 0 atom stereocenters. The van der Waals surface area contributed by atoms with E-state index in [-0.39, 0.29) is 16.2 Å². The summed E-state index contributed by atoms with van der Waals surface area (Å²) in [7, 11) is 0. The minimum absolute atomic E-state index is 0.0508. The number of hydrogen-bond donors (Lipinski definition) is 2. The molecule has 0 aromatic heterocycles. The van der Waals surface area contributed by atoms with Crippen LogP contribution in [0.15, 0.2) is 18.2 Å². The molecule has 0 unspecified atom stereocenters. The van der Waals surface area contributed by atoms with E-state index in [1.165, 1.54) is 0 Å². The van der Waals surface area contributed by atoms with Crippen LogP contribution in [0.4, 0.5) is 18.9 Å². The second-order valence-corrected chi connectivity index (χ2v) is 3.10. The normalized spacial score (nSPS) is 11.4. The summed E-state index contributed by atoms with van der Waals surface area (Å²) < 4.78 is 36.7. The summed E-state index contributed by atoms with van der Waals surface area (Å²) >= 11 is 4.56. The van der Waals surface area contributed by atoms with Crippen molar-refractivity contribution in [3.8, 4) is 0 Å². The molecule has 0 saturated carbocycles. The Hall–Kier alpha value is -1.30. The highest BCUT2D eigenvalue weighted by atomic mass is 32.1. The molecule has 0 heterocycles. The third kappa shape index (κ3) is 2.14. The first-order chi connectivity index (χ1) is 6.32. The van der Waals surface area contributed by atoms with E-state index >= 15 is 0 Å². The van der Waals surface area contributed by atoms with E-state index in [0.29, 0.717) is 0 Å². The van der Waals surface area contributed by atoms with Gasteiger partial charge in [0.15, 0.2) is 0 Å². The van der Waals surface area contributed by atoms with Crippen molar-refractivity contribution in [2.24, 2.45) is 5.73 Å². The molecule has 1 aromatic rings. The van der Waals surface area contributed by atoms with Crippen molar-refractivity contribution in [3.05, 3.63) is 29.3 Å². The van der Waals surface area contributed by atoms with Gasteiger partial charge in [-0.2, -0.15) is 13.2 Å². The van der Waals surface area contributed by atoms with Gasteiger partial charge in [-0.05, 0) is 18.2 Å². The van der Waals surface area contributed by atoms with Crippen LogP contribution in [0.1, 0.15) is 11.1 Å². The highest BCUT2D eigenvalue weighted by molar-refractivity contribution is 7.80. The first-order valence-electron chi connectivity index (χ1n) is 3.59. The van der Waals surface area contributed by atoms with E-state index in [9.17, 15) is 13.2 Å². The zero-order valence-corrected chi connectivity index (χ0v) is 7.75. The highest BCUT2D eigenvalue weighted by Crippen LogP contribution is 2.31. The Morgan fingerprint density at radius 2 is 1.86 bits per heavy atom. The van der Waals surface area contributed by atoms with Crippen molar-refractivity contribution in [2.75, 3.05) is 5.73 Å². The fourth-order valence-electron chi connectivity index (χ4n) is 0.946. The van der Waals surface area contributed by atoms with Crippen molar-refractivity contribution in [2.45, 2.75) is 6.18 Å². The van der Waals surface area contributed by atoms with Gasteiger partial charge < -0.3 is 11.5 Å². The number of thiocarbonyl (C=S) groups is 1. The predicted molar refractivity (Wildman–Crippen MR) is 51.7 cm³/mol. The monoisotopic (exact) mass is 220 g/mol. The van der Waals surface area contributed by atoms with E-state index in [1.807, 2.05) is 0 Å². The van der Waals surface area contributed by atoms with E-state index < -0.39 is 11.7 Å². The second-order valence-electron chi connectivity index (χ2n) is 2.66. The lowest BCUT2D eigenvalue weighted by atomic mass is 10.1. The van der Waals surface area contributed by atoms with Gasteiger partial charge in [0.05, 0.1) is 5.56 Å². The zero-order valence-electron chi connectivity index (χ0n) is 6.93. The standard InChI is InChI=1S/C8H7F3N2S/c9-8(10,11)4-1-2-6(12)5(3-4)7(13)14/h1-3H,12H2,(H2,13,14). The number of nitrogens with two attached hydrogens (primary N) is 2. The average molecular weight is 220 g/mol. The van der Waals surface area contributed by atoms with Crippen LogP contribution in [0.3, 0.4) is 0 Å². The number of benzene rings is 1. The number of halogens is 3. The third-order valence-corrected chi connectivity index (χ3v) is 1.87. The van der Waals surface area contributed by atoms with Gasteiger partial charge >= 0.3 is 6.18 Å². The molecule has 0 amide bonds. The van der Waals surface area contributed by atoms with Crippen LogP contribution in [-0.2, 0) is 6.18 Å². The fraction of sp³-hybridized carbons (Fsp3) is 0.125. The Labute approximate surface area is 83.7 Å². The number of nitrogen functional groups attached to an aromatic ring is 1.